The van der Waals surface area contributed by atoms with E-state index in [1.54, 1.807) is 18.2 Å². The molecule has 1 aromatic carbocycles. The third kappa shape index (κ3) is 2.42. The summed E-state index contributed by atoms with van der Waals surface area (Å²) in [4.78, 5) is 12.2. The fourth-order valence-corrected chi connectivity index (χ4v) is 2.61. The Bertz CT molecular complexity index is 670. The lowest BCUT2D eigenvalue weighted by molar-refractivity contribution is 0.660. The Kier molecular flexibility index (Phi) is 3.75. The molecule has 0 aliphatic rings. The smallest absolute Gasteiger partial charge is 0.270 e. The molecule has 2 aromatic rings. The minimum absolute atomic E-state index is 0.246. The molecule has 0 spiro atoms. The van der Waals surface area contributed by atoms with Crippen LogP contribution in [0, 0.1) is 11.3 Å². The first-order chi connectivity index (χ1) is 8.65. The normalized spacial score (nSPS) is 10.3. The summed E-state index contributed by atoms with van der Waals surface area (Å²) in [5.74, 6) is 0. The lowest BCUT2D eigenvalue weighted by atomic mass is 10.2. The predicted molar refractivity (Wildman–Crippen MR) is 68.8 cm³/mol. The highest BCUT2D eigenvalue weighted by atomic mass is 35.5. The molecule has 92 valence electrons. The van der Waals surface area contributed by atoms with Gasteiger partial charge in [-0.15, -0.1) is 5.10 Å². The molecule has 7 heteroatoms. The van der Waals surface area contributed by atoms with Crippen molar-refractivity contribution in [3.05, 3.63) is 39.3 Å². The summed E-state index contributed by atoms with van der Waals surface area (Å²) in [5, 5.41) is 16.1. The van der Waals surface area contributed by atoms with Crippen LogP contribution in [0.1, 0.15) is 12.5 Å². The Hall–Kier alpha value is -1.71. The van der Waals surface area contributed by atoms with Gasteiger partial charge in [0.25, 0.3) is 0 Å². The Morgan fingerprint density at radius 2 is 2.39 bits per heavy atom. The quantitative estimate of drug-likeness (QED) is 0.936. The summed E-state index contributed by atoms with van der Waals surface area (Å²) >= 11 is 7.35. The second kappa shape index (κ2) is 5.29. The van der Waals surface area contributed by atoms with Crippen LogP contribution in [0.4, 0.5) is 0 Å². The van der Waals surface area contributed by atoms with E-state index < -0.39 is 0 Å². The zero-order valence-corrected chi connectivity index (χ0v) is 11.0. The Morgan fingerprint density at radius 3 is 3.00 bits per heavy atom. The molecule has 0 bridgehead atoms. The summed E-state index contributed by atoms with van der Waals surface area (Å²) in [6.45, 7) is 2.40. The highest BCUT2D eigenvalue weighted by Crippen LogP contribution is 2.32. The standard InChI is InChI=1S/C11H9ClN4OS/c1-2-16-10(17)14-15-11(16)18-9-4-3-7(6-13)5-8(9)12/h3-5H,2H2,1H3,(H,14,17). The number of halogens is 1. The Balaban J connectivity index is 2.35. The summed E-state index contributed by atoms with van der Waals surface area (Å²) in [5.41, 5.74) is 0.254. The van der Waals surface area contributed by atoms with Gasteiger partial charge in [-0.25, -0.2) is 9.89 Å². The topological polar surface area (TPSA) is 74.5 Å². The number of aromatic nitrogens is 3. The van der Waals surface area contributed by atoms with Gasteiger partial charge in [0.15, 0.2) is 5.16 Å². The number of hydrogen-bond donors (Lipinski definition) is 1. The van der Waals surface area contributed by atoms with E-state index in [1.807, 2.05) is 13.0 Å². The molecule has 0 amide bonds. The molecule has 0 radical (unpaired) electrons. The number of rotatable bonds is 3. The molecule has 5 nitrogen and oxygen atoms in total. The first-order valence-corrected chi connectivity index (χ1v) is 6.38. The monoisotopic (exact) mass is 280 g/mol. The van der Waals surface area contributed by atoms with Gasteiger partial charge in [-0.2, -0.15) is 5.26 Å². The van der Waals surface area contributed by atoms with Gasteiger partial charge < -0.3 is 0 Å². The van der Waals surface area contributed by atoms with Gasteiger partial charge in [0.2, 0.25) is 0 Å². The van der Waals surface area contributed by atoms with E-state index in [9.17, 15) is 4.79 Å². The highest BCUT2D eigenvalue weighted by Gasteiger charge is 2.11. The average molecular weight is 281 g/mol. The minimum Gasteiger partial charge on any atom is -0.270 e. The second-order valence-electron chi connectivity index (χ2n) is 3.41. The zero-order valence-electron chi connectivity index (χ0n) is 9.48. The fourth-order valence-electron chi connectivity index (χ4n) is 1.41. The maximum atomic E-state index is 11.4. The van der Waals surface area contributed by atoms with Gasteiger partial charge in [-0.05, 0) is 36.9 Å². The molecular weight excluding hydrogens is 272 g/mol. The molecule has 1 N–H and O–H groups in total. The summed E-state index contributed by atoms with van der Waals surface area (Å²) < 4.78 is 1.51. The molecule has 1 aromatic heterocycles. The van der Waals surface area contributed by atoms with Crippen molar-refractivity contribution in [3.63, 3.8) is 0 Å². The van der Waals surface area contributed by atoms with Crippen molar-refractivity contribution in [3.8, 4) is 6.07 Å². The highest BCUT2D eigenvalue weighted by molar-refractivity contribution is 7.99. The maximum absolute atomic E-state index is 11.4. The molecule has 0 aliphatic heterocycles. The van der Waals surface area contributed by atoms with Crippen LogP contribution in [0.3, 0.4) is 0 Å². The fraction of sp³-hybridized carbons (Fsp3) is 0.182. The van der Waals surface area contributed by atoms with E-state index >= 15 is 0 Å². The summed E-state index contributed by atoms with van der Waals surface area (Å²) in [6.07, 6.45) is 0. The van der Waals surface area contributed by atoms with E-state index in [0.717, 1.165) is 4.90 Å². The van der Waals surface area contributed by atoms with Crippen molar-refractivity contribution in [2.45, 2.75) is 23.5 Å². The van der Waals surface area contributed by atoms with E-state index in [4.69, 9.17) is 16.9 Å². The van der Waals surface area contributed by atoms with Crippen LogP contribution in [-0.4, -0.2) is 14.8 Å². The van der Waals surface area contributed by atoms with Gasteiger partial charge in [0.05, 0.1) is 16.7 Å². The van der Waals surface area contributed by atoms with Crippen molar-refractivity contribution in [1.82, 2.24) is 14.8 Å². The van der Waals surface area contributed by atoms with E-state index in [0.29, 0.717) is 22.3 Å². The zero-order chi connectivity index (χ0) is 13.1. The molecule has 18 heavy (non-hydrogen) atoms. The van der Waals surface area contributed by atoms with Crippen molar-refractivity contribution in [2.75, 3.05) is 0 Å². The summed E-state index contributed by atoms with van der Waals surface area (Å²) in [6, 6.07) is 7.02. The number of benzene rings is 1. The first-order valence-electron chi connectivity index (χ1n) is 5.18. The number of nitrogens with one attached hydrogen (secondary N) is 1. The van der Waals surface area contributed by atoms with Gasteiger partial charge in [0.1, 0.15) is 0 Å². The van der Waals surface area contributed by atoms with Crippen LogP contribution < -0.4 is 5.69 Å². The van der Waals surface area contributed by atoms with Crippen molar-refractivity contribution < 1.29 is 0 Å². The average Bonchev–Trinajstić information content (AvgIpc) is 2.72. The van der Waals surface area contributed by atoms with E-state index in [2.05, 4.69) is 10.2 Å². The van der Waals surface area contributed by atoms with Crippen LogP contribution in [0.2, 0.25) is 5.02 Å². The largest absolute Gasteiger partial charge is 0.343 e. The molecule has 0 saturated carbocycles. The SMILES string of the molecule is CCn1c(Sc2ccc(C#N)cc2Cl)n[nH]c1=O. The van der Waals surface area contributed by atoms with Crippen LogP contribution in [-0.2, 0) is 6.54 Å². The number of hydrogen-bond acceptors (Lipinski definition) is 4. The molecule has 0 fully saturated rings. The predicted octanol–water partition coefficient (Wildman–Crippen LogP) is 2.27. The van der Waals surface area contributed by atoms with Crippen LogP contribution in [0.25, 0.3) is 0 Å². The Labute approximate surface area is 112 Å². The first kappa shape index (κ1) is 12.7. The van der Waals surface area contributed by atoms with Gasteiger partial charge in [-0.3, -0.25) is 4.57 Å². The summed E-state index contributed by atoms with van der Waals surface area (Å²) in [7, 11) is 0. The van der Waals surface area contributed by atoms with Gasteiger partial charge in [0, 0.05) is 11.4 Å². The molecule has 1 heterocycles. The molecule has 2 rings (SSSR count). The van der Waals surface area contributed by atoms with Crippen molar-refractivity contribution >= 4 is 23.4 Å². The van der Waals surface area contributed by atoms with Gasteiger partial charge in [-0.1, -0.05) is 11.6 Å². The lowest BCUT2D eigenvalue weighted by Crippen LogP contribution is -2.15. The van der Waals surface area contributed by atoms with Crippen molar-refractivity contribution in [2.24, 2.45) is 0 Å². The van der Waals surface area contributed by atoms with Crippen LogP contribution >= 0.6 is 23.4 Å². The maximum Gasteiger partial charge on any atom is 0.343 e. The molecular formula is C11H9ClN4OS. The second-order valence-corrected chi connectivity index (χ2v) is 4.83. The van der Waals surface area contributed by atoms with Crippen LogP contribution in [0.15, 0.2) is 33.0 Å². The lowest BCUT2D eigenvalue weighted by Gasteiger charge is -2.04. The number of nitrogens with zero attached hydrogens (tertiary/aromatic N) is 3. The van der Waals surface area contributed by atoms with Crippen LogP contribution in [0.5, 0.6) is 0 Å². The third-order valence-corrected chi connectivity index (χ3v) is 3.80. The molecule has 0 saturated heterocycles. The molecule has 0 unspecified atom stereocenters. The van der Waals surface area contributed by atoms with Crippen molar-refractivity contribution in [1.29, 1.82) is 5.26 Å². The number of aromatic amines is 1. The number of H-pyrrole nitrogens is 1. The van der Waals surface area contributed by atoms with E-state index in [-0.39, 0.29) is 5.69 Å². The van der Waals surface area contributed by atoms with Gasteiger partial charge >= 0.3 is 5.69 Å². The Morgan fingerprint density at radius 1 is 1.61 bits per heavy atom. The van der Waals surface area contributed by atoms with E-state index in [1.165, 1.54) is 16.3 Å². The number of nitriles is 1. The minimum atomic E-state index is -0.246. The molecule has 0 aliphatic carbocycles. The third-order valence-electron chi connectivity index (χ3n) is 2.30. The molecule has 0 atom stereocenters.